The van der Waals surface area contributed by atoms with Gasteiger partial charge in [-0.2, -0.15) is 0 Å². The van der Waals surface area contributed by atoms with Crippen molar-refractivity contribution in [1.82, 2.24) is 5.32 Å². The molecule has 0 spiro atoms. The first-order chi connectivity index (χ1) is 13.0. The van der Waals surface area contributed by atoms with Gasteiger partial charge >= 0.3 is 0 Å². The zero-order chi connectivity index (χ0) is 19.2. The summed E-state index contributed by atoms with van der Waals surface area (Å²) in [6, 6.07) is 13.5. The number of ether oxygens (including phenoxy) is 1. The van der Waals surface area contributed by atoms with Crippen molar-refractivity contribution in [3.05, 3.63) is 59.2 Å². The summed E-state index contributed by atoms with van der Waals surface area (Å²) in [5.41, 5.74) is 4.33. The van der Waals surface area contributed by atoms with Crippen LogP contribution in [0.4, 0.5) is 11.4 Å². The van der Waals surface area contributed by atoms with Gasteiger partial charge in [0.25, 0.3) is 5.91 Å². The molecule has 0 bridgehead atoms. The van der Waals surface area contributed by atoms with Crippen molar-refractivity contribution in [2.45, 2.75) is 20.4 Å². The minimum absolute atomic E-state index is 0.133. The minimum Gasteiger partial charge on any atom is -0.378 e. The zero-order valence-corrected chi connectivity index (χ0v) is 15.7. The first kappa shape index (κ1) is 18.9. The Balaban J connectivity index is 1.80. The Morgan fingerprint density at radius 1 is 1.07 bits per heavy atom. The number of nitrogens with zero attached hydrogens (tertiary/aromatic N) is 1. The number of hydrogen-bond donors (Lipinski definition) is 2. The lowest BCUT2D eigenvalue weighted by atomic mass is 10.1. The third-order valence-electron chi connectivity index (χ3n) is 4.49. The van der Waals surface area contributed by atoms with Crippen LogP contribution in [-0.4, -0.2) is 38.1 Å². The van der Waals surface area contributed by atoms with Gasteiger partial charge in [0, 0.05) is 32.2 Å². The number of benzene rings is 2. The number of hydrogen-bond acceptors (Lipinski definition) is 4. The molecule has 1 heterocycles. The number of anilines is 2. The molecular weight excluding hydrogens is 342 g/mol. The summed E-state index contributed by atoms with van der Waals surface area (Å²) in [5, 5.41) is 5.78. The molecule has 6 heteroatoms. The van der Waals surface area contributed by atoms with Gasteiger partial charge in [0.2, 0.25) is 5.91 Å². The fourth-order valence-corrected chi connectivity index (χ4v) is 3.05. The molecule has 1 aliphatic rings. The molecule has 1 fully saturated rings. The molecular formula is C21H25N3O3. The van der Waals surface area contributed by atoms with Gasteiger partial charge < -0.3 is 20.3 Å². The quantitative estimate of drug-likeness (QED) is 0.852. The molecule has 0 radical (unpaired) electrons. The van der Waals surface area contributed by atoms with Gasteiger partial charge in [-0.15, -0.1) is 0 Å². The van der Waals surface area contributed by atoms with E-state index in [2.05, 4.69) is 15.5 Å². The molecule has 142 valence electrons. The van der Waals surface area contributed by atoms with Crippen LogP contribution in [0.2, 0.25) is 0 Å². The second-order valence-electron chi connectivity index (χ2n) is 6.68. The molecule has 1 aliphatic heterocycles. The van der Waals surface area contributed by atoms with Gasteiger partial charge in [-0.05, 0) is 30.7 Å². The molecule has 2 aromatic rings. The normalized spacial score (nSPS) is 13.9. The maximum absolute atomic E-state index is 12.8. The Hall–Kier alpha value is -2.86. The molecule has 0 aliphatic carbocycles. The Morgan fingerprint density at radius 2 is 1.78 bits per heavy atom. The lowest BCUT2D eigenvalue weighted by Crippen LogP contribution is -2.38. The number of morpholine rings is 1. The van der Waals surface area contributed by atoms with E-state index in [4.69, 9.17) is 4.74 Å². The van der Waals surface area contributed by atoms with Crippen molar-refractivity contribution in [1.29, 1.82) is 0 Å². The lowest BCUT2D eigenvalue weighted by molar-refractivity contribution is -0.114. The smallest absolute Gasteiger partial charge is 0.253 e. The highest BCUT2D eigenvalue weighted by atomic mass is 16.5. The number of carbonyl (C=O) groups excluding carboxylic acids is 2. The van der Waals surface area contributed by atoms with Crippen LogP contribution in [-0.2, 0) is 16.1 Å². The lowest BCUT2D eigenvalue weighted by Gasteiger charge is -2.30. The van der Waals surface area contributed by atoms with Crippen molar-refractivity contribution in [3.63, 3.8) is 0 Å². The van der Waals surface area contributed by atoms with Crippen LogP contribution in [0.15, 0.2) is 42.5 Å². The SMILES string of the molecule is CC(=O)Nc1ccc(C(=O)NCc2ccc(C)cc2)c(N2CCOCC2)c1. The molecule has 1 saturated heterocycles. The molecule has 2 amide bonds. The summed E-state index contributed by atoms with van der Waals surface area (Å²) in [5.74, 6) is -0.272. The van der Waals surface area contributed by atoms with E-state index < -0.39 is 0 Å². The zero-order valence-electron chi connectivity index (χ0n) is 15.7. The van der Waals surface area contributed by atoms with E-state index in [1.165, 1.54) is 12.5 Å². The summed E-state index contributed by atoms with van der Waals surface area (Å²) in [7, 11) is 0. The van der Waals surface area contributed by atoms with Crippen LogP contribution in [0.1, 0.15) is 28.4 Å². The Bertz CT molecular complexity index is 812. The summed E-state index contributed by atoms with van der Waals surface area (Å²) in [6.45, 7) is 6.63. The van der Waals surface area contributed by atoms with E-state index >= 15 is 0 Å². The number of amides is 2. The predicted molar refractivity (Wildman–Crippen MR) is 106 cm³/mol. The van der Waals surface area contributed by atoms with Crippen LogP contribution >= 0.6 is 0 Å². The topological polar surface area (TPSA) is 70.7 Å². The highest BCUT2D eigenvalue weighted by molar-refractivity contribution is 6.01. The first-order valence-electron chi connectivity index (χ1n) is 9.11. The number of rotatable bonds is 5. The summed E-state index contributed by atoms with van der Waals surface area (Å²) in [6.07, 6.45) is 0. The van der Waals surface area contributed by atoms with Crippen LogP contribution in [0.5, 0.6) is 0 Å². The van der Waals surface area contributed by atoms with Crippen LogP contribution in [0.3, 0.4) is 0 Å². The largest absolute Gasteiger partial charge is 0.378 e. The predicted octanol–water partition coefficient (Wildman–Crippen LogP) is 2.72. The average molecular weight is 367 g/mol. The Kier molecular flexibility index (Phi) is 6.08. The molecule has 2 N–H and O–H groups in total. The highest BCUT2D eigenvalue weighted by Gasteiger charge is 2.19. The van der Waals surface area contributed by atoms with Gasteiger partial charge in [0.05, 0.1) is 24.5 Å². The summed E-state index contributed by atoms with van der Waals surface area (Å²) >= 11 is 0. The molecule has 3 rings (SSSR count). The fourth-order valence-electron chi connectivity index (χ4n) is 3.05. The van der Waals surface area contributed by atoms with E-state index in [0.717, 1.165) is 11.3 Å². The average Bonchev–Trinajstić information content (AvgIpc) is 2.67. The van der Waals surface area contributed by atoms with Gasteiger partial charge in [0.15, 0.2) is 0 Å². The molecule has 6 nitrogen and oxygen atoms in total. The van der Waals surface area contributed by atoms with E-state index in [1.54, 1.807) is 12.1 Å². The second kappa shape index (κ2) is 8.68. The number of nitrogens with one attached hydrogen (secondary N) is 2. The monoisotopic (exact) mass is 367 g/mol. The molecule has 27 heavy (non-hydrogen) atoms. The van der Waals surface area contributed by atoms with Gasteiger partial charge in [-0.1, -0.05) is 29.8 Å². The summed E-state index contributed by atoms with van der Waals surface area (Å²) in [4.78, 5) is 26.3. The highest BCUT2D eigenvalue weighted by Crippen LogP contribution is 2.26. The van der Waals surface area contributed by atoms with Crippen molar-refractivity contribution >= 4 is 23.2 Å². The van der Waals surface area contributed by atoms with Gasteiger partial charge in [-0.3, -0.25) is 9.59 Å². The van der Waals surface area contributed by atoms with Gasteiger partial charge in [0.1, 0.15) is 0 Å². The van der Waals surface area contributed by atoms with Crippen molar-refractivity contribution in [2.24, 2.45) is 0 Å². The Morgan fingerprint density at radius 3 is 2.44 bits per heavy atom. The van der Waals surface area contributed by atoms with Crippen LogP contribution in [0, 0.1) is 6.92 Å². The third kappa shape index (κ3) is 5.08. The van der Waals surface area contributed by atoms with Gasteiger partial charge in [-0.25, -0.2) is 0 Å². The van der Waals surface area contributed by atoms with E-state index in [-0.39, 0.29) is 11.8 Å². The second-order valence-corrected chi connectivity index (χ2v) is 6.68. The fraction of sp³-hybridized carbons (Fsp3) is 0.333. The Labute approximate surface area is 159 Å². The van der Waals surface area contributed by atoms with Crippen molar-refractivity contribution in [2.75, 3.05) is 36.5 Å². The first-order valence-corrected chi connectivity index (χ1v) is 9.11. The number of aryl methyl sites for hydroxylation is 1. The van der Waals surface area contributed by atoms with Crippen LogP contribution in [0.25, 0.3) is 0 Å². The molecule has 2 aromatic carbocycles. The van der Waals surface area contributed by atoms with Crippen molar-refractivity contribution in [3.8, 4) is 0 Å². The molecule has 0 atom stereocenters. The van der Waals surface area contributed by atoms with Crippen LogP contribution < -0.4 is 15.5 Å². The molecule has 0 unspecified atom stereocenters. The third-order valence-corrected chi connectivity index (χ3v) is 4.49. The summed E-state index contributed by atoms with van der Waals surface area (Å²) < 4.78 is 5.42. The molecule has 0 saturated carbocycles. The van der Waals surface area contributed by atoms with E-state index in [0.29, 0.717) is 44.1 Å². The minimum atomic E-state index is -0.139. The maximum Gasteiger partial charge on any atom is 0.253 e. The molecule has 0 aromatic heterocycles. The van der Waals surface area contributed by atoms with E-state index in [1.807, 2.05) is 37.3 Å². The standard InChI is InChI=1S/C21H25N3O3/c1-15-3-5-17(6-4-15)14-22-21(26)19-8-7-18(23-16(2)25)13-20(19)24-9-11-27-12-10-24/h3-8,13H,9-12,14H2,1-2H3,(H,22,26)(H,23,25). The number of carbonyl (C=O) groups is 2. The maximum atomic E-state index is 12.8. The van der Waals surface area contributed by atoms with E-state index in [9.17, 15) is 9.59 Å². The van der Waals surface area contributed by atoms with Crippen molar-refractivity contribution < 1.29 is 14.3 Å².